The van der Waals surface area contributed by atoms with Crippen molar-refractivity contribution in [3.63, 3.8) is 0 Å². The minimum Gasteiger partial charge on any atom is -0.496 e. The number of aryl methyl sites for hydroxylation is 1. The van der Waals surface area contributed by atoms with Crippen molar-refractivity contribution in [2.75, 3.05) is 14.2 Å². The van der Waals surface area contributed by atoms with Crippen molar-refractivity contribution in [2.45, 2.75) is 19.9 Å². The second kappa shape index (κ2) is 13.2. The van der Waals surface area contributed by atoms with Gasteiger partial charge >= 0.3 is 5.97 Å². The van der Waals surface area contributed by atoms with E-state index in [1.807, 2.05) is 42.5 Å². The number of halogens is 1. The van der Waals surface area contributed by atoms with Crippen LogP contribution < -0.4 is 19.6 Å². The lowest BCUT2D eigenvalue weighted by Crippen LogP contribution is -2.40. The molecule has 0 unspecified atom stereocenters. The van der Waals surface area contributed by atoms with Crippen molar-refractivity contribution in [3.8, 4) is 34.0 Å². The monoisotopic (exact) mass is 685 g/mol. The zero-order valence-corrected chi connectivity index (χ0v) is 28.9. The van der Waals surface area contributed by atoms with Crippen molar-refractivity contribution in [1.29, 1.82) is 0 Å². The van der Waals surface area contributed by atoms with Crippen LogP contribution in [0.4, 0.5) is 0 Å². The number of thiazole rings is 1. The fraction of sp³-hybridized carbons (Fsp3) is 0.125. The number of rotatable bonds is 7. The first-order valence-electron chi connectivity index (χ1n) is 15.7. The standard InChI is InChI=1S/C40H32ClN3O4S/c1-24-15-18-30(19-16-24)43-32(26-11-7-5-8-12-26)21-28(36(43)27-13-9-6-10-14-27)22-34-38(45)44-37(31-23-29(41)17-20-33(31)47-3)35(39(46)48-4)25(2)42-40(44)49-34/h5-23,37H,1-4H3/b34-22-/t37-/m0/s1. The van der Waals surface area contributed by atoms with Crippen LogP contribution in [0.15, 0.2) is 130 Å². The fourth-order valence-corrected chi connectivity index (χ4v) is 7.58. The number of nitrogens with zero attached hydrogens (tertiary/aromatic N) is 3. The van der Waals surface area contributed by atoms with E-state index in [2.05, 4.69) is 66.1 Å². The number of hydrogen-bond donors (Lipinski definition) is 0. The molecule has 1 aliphatic rings. The van der Waals surface area contributed by atoms with Gasteiger partial charge in [-0.05, 0) is 67.4 Å². The lowest BCUT2D eigenvalue weighted by Gasteiger charge is -2.25. The van der Waals surface area contributed by atoms with Crippen LogP contribution >= 0.6 is 22.9 Å². The maximum Gasteiger partial charge on any atom is 0.338 e. The Morgan fingerprint density at radius 2 is 1.55 bits per heavy atom. The van der Waals surface area contributed by atoms with E-state index >= 15 is 0 Å². The number of carbonyl (C=O) groups is 1. The highest BCUT2D eigenvalue weighted by Crippen LogP contribution is 2.38. The summed E-state index contributed by atoms with van der Waals surface area (Å²) >= 11 is 7.74. The molecule has 0 amide bonds. The van der Waals surface area contributed by atoms with Gasteiger partial charge in [-0.3, -0.25) is 9.36 Å². The normalized spacial score (nSPS) is 14.4. The number of benzene rings is 4. The number of hydrogen-bond acceptors (Lipinski definition) is 6. The van der Waals surface area contributed by atoms with Crippen LogP contribution in [0.5, 0.6) is 5.75 Å². The van der Waals surface area contributed by atoms with Gasteiger partial charge in [-0.25, -0.2) is 9.79 Å². The summed E-state index contributed by atoms with van der Waals surface area (Å²) in [7, 11) is 2.85. The molecule has 0 fully saturated rings. The molecule has 0 aliphatic carbocycles. The number of fused-ring (bicyclic) bond motifs is 1. The molecule has 1 aliphatic heterocycles. The smallest absolute Gasteiger partial charge is 0.338 e. The zero-order chi connectivity index (χ0) is 34.2. The Morgan fingerprint density at radius 3 is 2.20 bits per heavy atom. The highest BCUT2D eigenvalue weighted by molar-refractivity contribution is 7.07. The van der Waals surface area contributed by atoms with Crippen molar-refractivity contribution in [3.05, 3.63) is 162 Å². The van der Waals surface area contributed by atoms with E-state index in [4.69, 9.17) is 26.1 Å². The number of esters is 1. The van der Waals surface area contributed by atoms with Gasteiger partial charge in [0.15, 0.2) is 4.80 Å². The highest BCUT2D eigenvalue weighted by atomic mass is 35.5. The minimum absolute atomic E-state index is 0.240. The van der Waals surface area contributed by atoms with Crippen LogP contribution in [0.1, 0.15) is 29.7 Å². The van der Waals surface area contributed by atoms with Crippen molar-refractivity contribution in [2.24, 2.45) is 4.99 Å². The summed E-state index contributed by atoms with van der Waals surface area (Å²) in [4.78, 5) is 33.0. The Hall–Kier alpha value is -5.44. The number of ether oxygens (including phenoxy) is 2. The molecule has 0 saturated heterocycles. The number of methoxy groups -OCH3 is 2. The number of carbonyl (C=O) groups excluding carboxylic acids is 1. The molecule has 49 heavy (non-hydrogen) atoms. The van der Waals surface area contributed by atoms with E-state index in [9.17, 15) is 9.59 Å². The number of allylic oxidation sites excluding steroid dienone is 1. The summed E-state index contributed by atoms with van der Waals surface area (Å²) in [5, 5.41) is 0.440. The first-order valence-corrected chi connectivity index (χ1v) is 16.9. The summed E-state index contributed by atoms with van der Waals surface area (Å²) in [6.45, 7) is 3.81. The van der Waals surface area contributed by atoms with E-state index in [1.165, 1.54) is 18.4 Å². The second-order valence-corrected chi connectivity index (χ2v) is 13.1. The Kier molecular flexibility index (Phi) is 8.67. The van der Waals surface area contributed by atoms with Gasteiger partial charge in [-0.15, -0.1) is 0 Å². The molecule has 1 atom stereocenters. The van der Waals surface area contributed by atoms with Crippen LogP contribution in [0.3, 0.4) is 0 Å². The summed E-state index contributed by atoms with van der Waals surface area (Å²) in [5.74, 6) is -0.106. The van der Waals surface area contributed by atoms with Gasteiger partial charge in [0.2, 0.25) is 0 Å². The molecule has 3 heterocycles. The lowest BCUT2D eigenvalue weighted by molar-refractivity contribution is -0.136. The second-order valence-electron chi connectivity index (χ2n) is 11.7. The van der Waals surface area contributed by atoms with E-state index in [1.54, 1.807) is 36.8 Å². The fourth-order valence-electron chi connectivity index (χ4n) is 6.36. The molecule has 7 nitrogen and oxygen atoms in total. The lowest BCUT2D eigenvalue weighted by atomic mass is 9.95. The molecule has 6 aromatic rings. The van der Waals surface area contributed by atoms with Gasteiger partial charge in [0.1, 0.15) is 11.8 Å². The maximum absolute atomic E-state index is 14.6. The van der Waals surface area contributed by atoms with E-state index in [0.29, 0.717) is 31.4 Å². The summed E-state index contributed by atoms with van der Waals surface area (Å²) in [5.41, 5.74) is 7.91. The average molecular weight is 686 g/mol. The van der Waals surface area contributed by atoms with Crippen LogP contribution in [0.2, 0.25) is 5.02 Å². The van der Waals surface area contributed by atoms with Gasteiger partial charge in [-0.2, -0.15) is 0 Å². The maximum atomic E-state index is 14.6. The topological polar surface area (TPSA) is 74.8 Å². The summed E-state index contributed by atoms with van der Waals surface area (Å²) < 4.78 is 15.1. The molecular formula is C40H32ClN3O4S. The predicted octanol–water partition coefficient (Wildman–Crippen LogP) is 7.50. The molecule has 0 saturated carbocycles. The summed E-state index contributed by atoms with van der Waals surface area (Å²) in [6.07, 6.45) is 1.92. The molecule has 0 radical (unpaired) electrons. The van der Waals surface area contributed by atoms with Crippen LogP contribution in [0.25, 0.3) is 34.3 Å². The van der Waals surface area contributed by atoms with Gasteiger partial charge in [-0.1, -0.05) is 101 Å². The summed E-state index contributed by atoms with van der Waals surface area (Å²) in [6, 6.07) is 35.2. The zero-order valence-electron chi connectivity index (χ0n) is 27.3. The third-order valence-corrected chi connectivity index (χ3v) is 9.86. The molecule has 244 valence electrons. The third-order valence-electron chi connectivity index (χ3n) is 8.64. The van der Waals surface area contributed by atoms with Crippen LogP contribution in [-0.2, 0) is 9.53 Å². The molecule has 0 spiro atoms. The molecular weight excluding hydrogens is 654 g/mol. The molecule has 0 bridgehead atoms. The van der Waals surface area contributed by atoms with Crippen LogP contribution in [0, 0.1) is 6.92 Å². The Morgan fingerprint density at radius 1 is 0.878 bits per heavy atom. The number of aromatic nitrogens is 2. The largest absolute Gasteiger partial charge is 0.496 e. The van der Waals surface area contributed by atoms with E-state index in [0.717, 1.165) is 39.3 Å². The first kappa shape index (κ1) is 32.1. The van der Waals surface area contributed by atoms with Gasteiger partial charge < -0.3 is 14.0 Å². The van der Waals surface area contributed by atoms with Gasteiger partial charge in [0.25, 0.3) is 5.56 Å². The average Bonchev–Trinajstić information content (AvgIpc) is 3.65. The Bertz CT molecular complexity index is 2430. The Labute approximate surface area is 292 Å². The van der Waals surface area contributed by atoms with E-state index in [-0.39, 0.29) is 11.1 Å². The molecule has 7 rings (SSSR count). The predicted molar refractivity (Wildman–Crippen MR) is 195 cm³/mol. The third kappa shape index (κ3) is 5.83. The van der Waals surface area contributed by atoms with Crippen molar-refractivity contribution >= 4 is 35.0 Å². The highest BCUT2D eigenvalue weighted by Gasteiger charge is 2.35. The quantitative estimate of drug-likeness (QED) is 0.163. The first-order chi connectivity index (χ1) is 23.8. The minimum atomic E-state index is -0.870. The van der Waals surface area contributed by atoms with E-state index < -0.39 is 12.0 Å². The van der Waals surface area contributed by atoms with Crippen LogP contribution in [-0.4, -0.2) is 29.3 Å². The molecule has 2 aromatic heterocycles. The molecule has 9 heteroatoms. The van der Waals surface area contributed by atoms with Crippen molar-refractivity contribution in [1.82, 2.24) is 9.13 Å². The van der Waals surface area contributed by atoms with Crippen molar-refractivity contribution < 1.29 is 14.3 Å². The van der Waals surface area contributed by atoms with Gasteiger partial charge in [0.05, 0.1) is 41.4 Å². The SMILES string of the molecule is COC(=O)C1=C(C)N=c2s/c(=C\c3cc(-c4ccccc4)n(-c4ccc(C)cc4)c3-c3ccccc3)c(=O)n2[C@H]1c1cc(Cl)ccc1OC. The Balaban J connectivity index is 1.53. The molecule has 0 N–H and O–H groups in total. The molecule has 4 aromatic carbocycles. The van der Waals surface area contributed by atoms with Gasteiger partial charge in [0, 0.05) is 21.8 Å².